The second-order valence-corrected chi connectivity index (χ2v) is 6.45. The van der Waals surface area contributed by atoms with Gasteiger partial charge in [-0.2, -0.15) is 0 Å². The van der Waals surface area contributed by atoms with E-state index in [9.17, 15) is 9.90 Å². The molecule has 2 heterocycles. The number of esters is 1. The number of benzene rings is 1. The zero-order valence-electron chi connectivity index (χ0n) is 14.9. The molecule has 1 aromatic carbocycles. The lowest BCUT2D eigenvalue weighted by atomic mass is 10.2. The molecular weight excluding hydrogens is 364 g/mol. The van der Waals surface area contributed by atoms with E-state index in [0.717, 1.165) is 5.75 Å². The van der Waals surface area contributed by atoms with Crippen molar-refractivity contribution in [2.24, 2.45) is 4.99 Å². The van der Waals surface area contributed by atoms with Crippen LogP contribution in [-0.4, -0.2) is 34.8 Å². The highest BCUT2D eigenvalue weighted by molar-refractivity contribution is 8.18. The summed E-state index contributed by atoms with van der Waals surface area (Å²) in [5.41, 5.74) is 1.34. The van der Waals surface area contributed by atoms with Crippen molar-refractivity contribution in [1.29, 1.82) is 0 Å². The van der Waals surface area contributed by atoms with E-state index in [2.05, 4.69) is 9.98 Å². The molecule has 7 heteroatoms. The normalized spacial score (nSPS) is 16.8. The fourth-order valence-electron chi connectivity index (χ4n) is 2.39. The molecule has 0 unspecified atom stereocenters. The van der Waals surface area contributed by atoms with Crippen LogP contribution in [0, 0.1) is 0 Å². The summed E-state index contributed by atoms with van der Waals surface area (Å²) in [4.78, 5) is 21.4. The van der Waals surface area contributed by atoms with E-state index in [-0.39, 0.29) is 11.3 Å². The molecule has 0 atom stereocenters. The minimum atomic E-state index is -0.644. The first-order chi connectivity index (χ1) is 13.1. The number of pyridine rings is 1. The van der Waals surface area contributed by atoms with Gasteiger partial charge in [0, 0.05) is 6.20 Å². The Kier molecular flexibility index (Phi) is 5.93. The number of hydrogen-bond donors (Lipinski definition) is 1. The van der Waals surface area contributed by atoms with Gasteiger partial charge in [0.05, 0.1) is 30.0 Å². The first-order valence-corrected chi connectivity index (χ1v) is 9.08. The number of aliphatic hydroxyl groups excluding tert-OH is 1. The van der Waals surface area contributed by atoms with Crippen molar-refractivity contribution < 1.29 is 19.4 Å². The SMILES string of the molecule is CCOc1ccc(N=C2SC(=Cc3ccccn3)C(O)=C2C(=O)OC)cc1. The number of carbonyl (C=O) groups excluding carboxylic acids is 1. The van der Waals surface area contributed by atoms with Crippen LogP contribution < -0.4 is 4.74 Å². The topological polar surface area (TPSA) is 81.0 Å². The number of rotatable bonds is 5. The Hall–Kier alpha value is -3.06. The minimum Gasteiger partial charge on any atom is -0.506 e. The quantitative estimate of drug-likeness (QED) is 0.777. The Morgan fingerprint density at radius 3 is 2.67 bits per heavy atom. The number of hydrogen-bond acceptors (Lipinski definition) is 7. The van der Waals surface area contributed by atoms with Gasteiger partial charge in [-0.05, 0) is 49.4 Å². The van der Waals surface area contributed by atoms with E-state index in [0.29, 0.717) is 27.9 Å². The third-order valence-corrected chi connectivity index (χ3v) is 4.65. The van der Waals surface area contributed by atoms with Crippen LogP contribution in [0.25, 0.3) is 6.08 Å². The smallest absolute Gasteiger partial charge is 0.344 e. The molecule has 138 valence electrons. The van der Waals surface area contributed by atoms with Crippen molar-refractivity contribution in [2.75, 3.05) is 13.7 Å². The van der Waals surface area contributed by atoms with Crippen molar-refractivity contribution in [2.45, 2.75) is 6.92 Å². The molecule has 0 fully saturated rings. The monoisotopic (exact) mass is 382 g/mol. The van der Waals surface area contributed by atoms with Crippen molar-refractivity contribution in [3.05, 3.63) is 70.6 Å². The Labute approximate surface area is 161 Å². The molecule has 27 heavy (non-hydrogen) atoms. The number of aromatic nitrogens is 1. The van der Waals surface area contributed by atoms with Crippen LogP contribution in [0.4, 0.5) is 5.69 Å². The summed E-state index contributed by atoms with van der Waals surface area (Å²) in [6, 6.07) is 12.6. The molecule has 2 aromatic rings. The largest absolute Gasteiger partial charge is 0.506 e. The highest BCUT2D eigenvalue weighted by atomic mass is 32.2. The lowest BCUT2D eigenvalue weighted by molar-refractivity contribution is -0.135. The maximum absolute atomic E-state index is 12.2. The van der Waals surface area contributed by atoms with E-state index in [4.69, 9.17) is 9.47 Å². The Morgan fingerprint density at radius 1 is 1.26 bits per heavy atom. The lowest BCUT2D eigenvalue weighted by Gasteiger charge is -2.04. The third kappa shape index (κ3) is 4.38. The molecule has 0 bridgehead atoms. The van der Waals surface area contributed by atoms with Gasteiger partial charge in [-0.25, -0.2) is 9.79 Å². The highest BCUT2D eigenvalue weighted by Crippen LogP contribution is 2.40. The second kappa shape index (κ2) is 8.55. The summed E-state index contributed by atoms with van der Waals surface area (Å²) >= 11 is 1.19. The number of aliphatic hydroxyl groups is 1. The first-order valence-electron chi connectivity index (χ1n) is 8.26. The molecule has 1 aliphatic rings. The Morgan fingerprint density at radius 2 is 2.04 bits per heavy atom. The van der Waals surface area contributed by atoms with Gasteiger partial charge in [-0.15, -0.1) is 0 Å². The van der Waals surface area contributed by atoms with Gasteiger partial charge in [-0.1, -0.05) is 17.8 Å². The molecule has 0 saturated heterocycles. The first kappa shape index (κ1) is 18.7. The number of ether oxygens (including phenoxy) is 2. The van der Waals surface area contributed by atoms with Gasteiger partial charge < -0.3 is 14.6 Å². The van der Waals surface area contributed by atoms with Crippen LogP contribution in [0.15, 0.2) is 69.9 Å². The molecule has 6 nitrogen and oxygen atoms in total. The molecule has 0 saturated carbocycles. The number of methoxy groups -OCH3 is 1. The zero-order valence-corrected chi connectivity index (χ0v) is 15.7. The van der Waals surface area contributed by atoms with Gasteiger partial charge in [0.15, 0.2) is 0 Å². The van der Waals surface area contributed by atoms with Crippen molar-refractivity contribution in [3.8, 4) is 5.75 Å². The van der Waals surface area contributed by atoms with Crippen LogP contribution in [0.5, 0.6) is 5.75 Å². The average Bonchev–Trinajstić information content (AvgIpc) is 2.99. The van der Waals surface area contributed by atoms with Crippen LogP contribution in [0.3, 0.4) is 0 Å². The van der Waals surface area contributed by atoms with E-state index in [1.807, 2.05) is 13.0 Å². The maximum Gasteiger partial charge on any atom is 0.344 e. The van der Waals surface area contributed by atoms with Gasteiger partial charge in [-0.3, -0.25) is 4.98 Å². The molecule has 0 aliphatic carbocycles. The van der Waals surface area contributed by atoms with Crippen molar-refractivity contribution in [1.82, 2.24) is 4.98 Å². The van der Waals surface area contributed by atoms with Gasteiger partial charge >= 0.3 is 5.97 Å². The fraction of sp³-hybridized carbons (Fsp3) is 0.150. The number of carbonyl (C=O) groups is 1. The summed E-state index contributed by atoms with van der Waals surface area (Å²) in [5.74, 6) is -0.0702. The molecule has 1 aliphatic heterocycles. The highest BCUT2D eigenvalue weighted by Gasteiger charge is 2.33. The minimum absolute atomic E-state index is 0.0403. The molecule has 1 aromatic heterocycles. The second-order valence-electron chi connectivity index (χ2n) is 5.42. The predicted octanol–water partition coefficient (Wildman–Crippen LogP) is 4.28. The standard InChI is InChI=1S/C20H18N2O4S/c1-3-26-15-9-7-13(8-10-15)22-19-17(20(24)25-2)18(23)16(27-19)12-14-6-4-5-11-21-14/h4-12,23H,3H2,1-2H3. The molecular formula is C20H18N2O4S. The summed E-state index contributed by atoms with van der Waals surface area (Å²) in [6.45, 7) is 2.49. The fourth-order valence-corrected chi connectivity index (χ4v) is 3.41. The number of aliphatic imine (C=N–C) groups is 1. The summed E-state index contributed by atoms with van der Waals surface area (Å²) < 4.78 is 10.2. The number of thioether (sulfide) groups is 1. The maximum atomic E-state index is 12.2. The van der Waals surface area contributed by atoms with Gasteiger partial charge in [0.25, 0.3) is 0 Å². The van der Waals surface area contributed by atoms with Crippen molar-refractivity contribution in [3.63, 3.8) is 0 Å². The lowest BCUT2D eigenvalue weighted by Crippen LogP contribution is -2.10. The zero-order chi connectivity index (χ0) is 19.2. The summed E-state index contributed by atoms with van der Waals surface area (Å²) in [5, 5.41) is 10.9. The summed E-state index contributed by atoms with van der Waals surface area (Å²) in [6.07, 6.45) is 3.35. The van der Waals surface area contributed by atoms with Crippen LogP contribution in [-0.2, 0) is 9.53 Å². The van der Waals surface area contributed by atoms with Crippen LogP contribution in [0.2, 0.25) is 0 Å². The number of nitrogens with zero attached hydrogens (tertiary/aromatic N) is 2. The van der Waals surface area contributed by atoms with Crippen LogP contribution >= 0.6 is 11.8 Å². The molecule has 0 amide bonds. The van der Waals surface area contributed by atoms with Crippen molar-refractivity contribution >= 4 is 34.5 Å². The van der Waals surface area contributed by atoms with E-state index >= 15 is 0 Å². The van der Waals surface area contributed by atoms with E-state index in [1.54, 1.807) is 48.7 Å². The van der Waals surface area contributed by atoms with E-state index < -0.39 is 5.97 Å². The summed E-state index contributed by atoms with van der Waals surface area (Å²) in [7, 11) is 1.27. The van der Waals surface area contributed by atoms with Gasteiger partial charge in [0.2, 0.25) is 0 Å². The molecule has 0 radical (unpaired) electrons. The van der Waals surface area contributed by atoms with Crippen LogP contribution in [0.1, 0.15) is 12.6 Å². The Bertz CT molecular complexity index is 919. The third-order valence-electron chi connectivity index (χ3n) is 3.63. The predicted molar refractivity (Wildman–Crippen MR) is 106 cm³/mol. The molecule has 1 N–H and O–H groups in total. The molecule has 0 spiro atoms. The Balaban J connectivity index is 1.97. The van der Waals surface area contributed by atoms with E-state index in [1.165, 1.54) is 18.9 Å². The van der Waals surface area contributed by atoms with Gasteiger partial charge in [0.1, 0.15) is 22.1 Å². The molecule has 3 rings (SSSR count). The average molecular weight is 382 g/mol.